The van der Waals surface area contributed by atoms with E-state index in [-0.39, 0.29) is 22.9 Å². The molecule has 0 aromatic heterocycles. The molecular weight excluding hydrogens is 461 g/mol. The first-order valence-electron chi connectivity index (χ1n) is 12.2. The molecule has 1 aliphatic carbocycles. The van der Waals surface area contributed by atoms with Crippen molar-refractivity contribution >= 4 is 11.7 Å². The Bertz CT molecular complexity index is 937. The molecule has 10 heteroatoms. The second-order valence-corrected chi connectivity index (χ2v) is 9.97. The highest BCUT2D eigenvalue weighted by Gasteiger charge is 2.49. The second kappa shape index (κ2) is 10.6. The van der Waals surface area contributed by atoms with Crippen molar-refractivity contribution in [2.75, 3.05) is 64.6 Å². The molecule has 1 unspecified atom stereocenters. The summed E-state index contributed by atoms with van der Waals surface area (Å²) < 4.78 is 51.4. The van der Waals surface area contributed by atoms with E-state index in [0.717, 1.165) is 25.5 Å². The molecule has 0 radical (unpaired) electrons. The number of halogens is 3. The molecule has 1 aromatic rings. The van der Waals surface area contributed by atoms with Crippen molar-refractivity contribution in [3.8, 4) is 6.07 Å². The lowest BCUT2D eigenvalue weighted by Gasteiger charge is -2.43. The Kier molecular flexibility index (Phi) is 7.77. The number of nitriles is 1. The van der Waals surface area contributed by atoms with Gasteiger partial charge in [0.15, 0.2) is 0 Å². The second-order valence-electron chi connectivity index (χ2n) is 9.97. The molecule has 35 heavy (non-hydrogen) atoms. The molecule has 2 aliphatic heterocycles. The summed E-state index contributed by atoms with van der Waals surface area (Å²) in [4.78, 5) is 16.5. The maximum absolute atomic E-state index is 13.4. The maximum Gasteiger partial charge on any atom is 0.417 e. The first kappa shape index (κ1) is 25.6. The van der Waals surface area contributed by atoms with E-state index in [4.69, 9.17) is 14.7 Å². The number of anilines is 1. The molecule has 7 nitrogen and oxygen atoms in total. The number of carbonyl (C=O) groups excluding carboxylic acids is 1. The van der Waals surface area contributed by atoms with Gasteiger partial charge in [-0.25, -0.2) is 4.79 Å². The highest BCUT2D eigenvalue weighted by Crippen LogP contribution is 2.46. The third-order valence-corrected chi connectivity index (χ3v) is 7.61. The Labute approximate surface area is 204 Å². The Balaban J connectivity index is 1.44. The SMILES string of the molecule is COCCNC(=O)N1CC(COCC2CC2)C2(CCN(c3ccc(C#N)c(C(F)(F)F)c3)CC2)C1. The Hall–Kier alpha value is -2.51. The summed E-state index contributed by atoms with van der Waals surface area (Å²) in [7, 11) is 1.59. The van der Waals surface area contributed by atoms with E-state index in [9.17, 15) is 18.0 Å². The molecule has 2 heterocycles. The number of methoxy groups -OCH3 is 1. The predicted octanol–water partition coefficient (Wildman–Crippen LogP) is 3.88. The van der Waals surface area contributed by atoms with E-state index in [0.29, 0.717) is 57.5 Å². The minimum absolute atomic E-state index is 0.115. The Morgan fingerprint density at radius 1 is 1.26 bits per heavy atom. The van der Waals surface area contributed by atoms with Crippen LogP contribution in [-0.4, -0.2) is 70.6 Å². The molecular formula is C25H33F3N4O3. The number of urea groups is 1. The molecule has 3 aliphatic rings. The van der Waals surface area contributed by atoms with Gasteiger partial charge in [-0.1, -0.05) is 0 Å². The van der Waals surface area contributed by atoms with E-state index in [1.165, 1.54) is 18.9 Å². The number of hydrogen-bond acceptors (Lipinski definition) is 5. The quantitative estimate of drug-likeness (QED) is 0.555. The fourth-order valence-corrected chi connectivity index (χ4v) is 5.29. The van der Waals surface area contributed by atoms with E-state index in [1.54, 1.807) is 19.2 Å². The molecule has 192 valence electrons. The predicted molar refractivity (Wildman–Crippen MR) is 124 cm³/mol. The number of benzene rings is 1. The van der Waals surface area contributed by atoms with Gasteiger partial charge >= 0.3 is 12.2 Å². The lowest BCUT2D eigenvalue weighted by atomic mass is 9.71. The highest BCUT2D eigenvalue weighted by atomic mass is 19.4. The summed E-state index contributed by atoms with van der Waals surface area (Å²) in [5.41, 5.74) is -0.921. The van der Waals surface area contributed by atoms with Crippen molar-refractivity contribution in [1.29, 1.82) is 5.26 Å². The van der Waals surface area contributed by atoms with Crippen LogP contribution in [0.1, 0.15) is 36.8 Å². The van der Waals surface area contributed by atoms with Gasteiger partial charge in [0, 0.05) is 58.0 Å². The van der Waals surface area contributed by atoms with Crippen LogP contribution in [0.4, 0.5) is 23.7 Å². The molecule has 2 saturated heterocycles. The third-order valence-electron chi connectivity index (χ3n) is 7.61. The number of carbonyl (C=O) groups is 1. The molecule has 1 spiro atoms. The van der Waals surface area contributed by atoms with Gasteiger partial charge in [-0.3, -0.25) is 0 Å². The number of hydrogen-bond donors (Lipinski definition) is 1. The average Bonchev–Trinajstić information content (AvgIpc) is 3.60. The normalized spacial score (nSPS) is 21.9. The van der Waals surface area contributed by atoms with E-state index >= 15 is 0 Å². The fraction of sp³-hybridized carbons (Fsp3) is 0.680. The van der Waals surface area contributed by atoms with Crippen LogP contribution in [0.3, 0.4) is 0 Å². The molecule has 1 aromatic carbocycles. The van der Waals surface area contributed by atoms with E-state index < -0.39 is 11.7 Å². The van der Waals surface area contributed by atoms with Crippen molar-refractivity contribution in [2.24, 2.45) is 17.3 Å². The Morgan fingerprint density at radius 3 is 2.63 bits per heavy atom. The zero-order valence-corrected chi connectivity index (χ0v) is 20.1. The van der Waals surface area contributed by atoms with Gasteiger partial charge in [-0.2, -0.15) is 18.4 Å². The van der Waals surface area contributed by atoms with E-state index in [2.05, 4.69) is 5.32 Å². The summed E-state index contributed by atoms with van der Waals surface area (Å²) in [5, 5.41) is 12.0. The minimum Gasteiger partial charge on any atom is -0.383 e. The molecule has 4 rings (SSSR count). The van der Waals surface area contributed by atoms with Crippen LogP contribution in [0.5, 0.6) is 0 Å². The number of rotatable bonds is 8. The minimum atomic E-state index is -4.58. The smallest absolute Gasteiger partial charge is 0.383 e. The van der Waals surface area contributed by atoms with Crippen molar-refractivity contribution < 1.29 is 27.4 Å². The molecule has 1 saturated carbocycles. The number of ether oxygens (including phenoxy) is 2. The largest absolute Gasteiger partial charge is 0.417 e. The van der Waals surface area contributed by atoms with Crippen LogP contribution in [0.2, 0.25) is 0 Å². The zero-order chi connectivity index (χ0) is 25.1. The number of piperidine rings is 1. The number of amides is 2. The zero-order valence-electron chi connectivity index (χ0n) is 20.1. The first-order valence-corrected chi connectivity index (χ1v) is 12.2. The van der Waals surface area contributed by atoms with Crippen LogP contribution >= 0.6 is 0 Å². The standard InChI is InChI=1S/C25H33F3N4O3/c1-34-11-8-30-23(33)32-14-20(16-35-15-18-2-3-18)24(17-32)6-9-31(10-7-24)21-5-4-19(13-29)22(12-21)25(26,27)28/h4-5,12,18,20H,2-3,6-11,14-17H2,1H3,(H,30,33). The van der Waals surface area contributed by atoms with Crippen LogP contribution in [0.25, 0.3) is 0 Å². The van der Waals surface area contributed by atoms with Crippen LogP contribution in [0.15, 0.2) is 18.2 Å². The maximum atomic E-state index is 13.4. The number of nitrogens with one attached hydrogen (secondary N) is 1. The summed E-state index contributed by atoms with van der Waals surface area (Å²) in [6.07, 6.45) is -0.641. The van der Waals surface area contributed by atoms with E-state index in [1.807, 2.05) is 9.80 Å². The van der Waals surface area contributed by atoms with Gasteiger partial charge in [0.1, 0.15) is 0 Å². The van der Waals surface area contributed by atoms with Crippen LogP contribution in [0, 0.1) is 28.6 Å². The third kappa shape index (κ3) is 6.01. The summed E-state index contributed by atoms with van der Waals surface area (Å²) in [6.45, 7) is 4.62. The molecule has 1 N–H and O–H groups in total. The van der Waals surface area contributed by atoms with Crippen molar-refractivity contribution in [2.45, 2.75) is 31.9 Å². The number of alkyl halides is 3. The Morgan fingerprint density at radius 2 is 2.00 bits per heavy atom. The first-order chi connectivity index (χ1) is 16.8. The number of nitrogens with zero attached hydrogens (tertiary/aromatic N) is 3. The average molecular weight is 495 g/mol. The van der Waals surface area contributed by atoms with Crippen molar-refractivity contribution in [3.63, 3.8) is 0 Å². The summed E-state index contributed by atoms with van der Waals surface area (Å²) in [6, 6.07) is 5.44. The monoisotopic (exact) mass is 494 g/mol. The highest BCUT2D eigenvalue weighted by molar-refractivity contribution is 5.74. The van der Waals surface area contributed by atoms with Gasteiger partial charge in [-0.05, 0) is 55.2 Å². The topological polar surface area (TPSA) is 77.8 Å². The van der Waals surface area contributed by atoms with Gasteiger partial charge in [0.05, 0.1) is 30.4 Å². The molecule has 3 fully saturated rings. The lowest BCUT2D eigenvalue weighted by molar-refractivity contribution is -0.137. The number of likely N-dealkylation sites (tertiary alicyclic amines) is 1. The van der Waals surface area contributed by atoms with Gasteiger partial charge in [-0.15, -0.1) is 0 Å². The van der Waals surface area contributed by atoms with Crippen molar-refractivity contribution in [3.05, 3.63) is 29.3 Å². The molecule has 0 bridgehead atoms. The lowest BCUT2D eigenvalue weighted by Crippen LogP contribution is -2.46. The van der Waals surface area contributed by atoms with Gasteiger partial charge in [0.2, 0.25) is 0 Å². The van der Waals surface area contributed by atoms with Crippen molar-refractivity contribution in [1.82, 2.24) is 10.2 Å². The molecule has 1 atom stereocenters. The van der Waals surface area contributed by atoms with Crippen LogP contribution in [-0.2, 0) is 15.7 Å². The summed E-state index contributed by atoms with van der Waals surface area (Å²) in [5.74, 6) is 0.838. The van der Waals surface area contributed by atoms with Gasteiger partial charge in [0.25, 0.3) is 0 Å². The summed E-state index contributed by atoms with van der Waals surface area (Å²) >= 11 is 0. The van der Waals surface area contributed by atoms with Crippen LogP contribution < -0.4 is 10.2 Å². The van der Waals surface area contributed by atoms with Gasteiger partial charge < -0.3 is 24.6 Å². The molecule has 2 amide bonds. The fourth-order valence-electron chi connectivity index (χ4n) is 5.29.